The summed E-state index contributed by atoms with van der Waals surface area (Å²) in [7, 11) is 0. The lowest BCUT2D eigenvalue weighted by atomic mass is 9.61. The lowest BCUT2D eigenvalue weighted by Gasteiger charge is -2.45. The molecule has 0 unspecified atom stereocenters. The minimum atomic E-state index is 0.590. The van der Waals surface area contributed by atoms with Gasteiger partial charge in [0.1, 0.15) is 0 Å². The molecule has 1 heteroatoms. The van der Waals surface area contributed by atoms with Crippen molar-refractivity contribution in [3.63, 3.8) is 0 Å². The van der Waals surface area contributed by atoms with Gasteiger partial charge in [-0.2, -0.15) is 0 Å². The number of hydrogen-bond donors (Lipinski definition) is 0. The van der Waals surface area contributed by atoms with Gasteiger partial charge in [-0.05, 0) is 93.8 Å². The third kappa shape index (κ3) is 5.98. The standard InChI is InChI=1S/C25H46O/c1-3-5-7-8-20-9-10-24-19-23(12-11-22(24)18-20)21-13-15-25(16-14-21)26-17-6-4-2/h20-25H,3-19H2,1-2H3/t20-,21?,22-,23+,24+,25?/m0/s1. The zero-order valence-corrected chi connectivity index (χ0v) is 17.9. The molecule has 0 heterocycles. The molecule has 0 radical (unpaired) electrons. The fourth-order valence-corrected chi connectivity index (χ4v) is 6.52. The Hall–Kier alpha value is -0.0400. The lowest BCUT2D eigenvalue weighted by Crippen LogP contribution is -2.35. The molecule has 3 fully saturated rings. The van der Waals surface area contributed by atoms with Gasteiger partial charge in [0.25, 0.3) is 0 Å². The summed E-state index contributed by atoms with van der Waals surface area (Å²) in [6.45, 7) is 5.59. The summed E-state index contributed by atoms with van der Waals surface area (Å²) in [6, 6.07) is 0. The maximum absolute atomic E-state index is 6.10. The monoisotopic (exact) mass is 362 g/mol. The highest BCUT2D eigenvalue weighted by atomic mass is 16.5. The van der Waals surface area contributed by atoms with Crippen molar-refractivity contribution in [2.45, 2.75) is 123 Å². The molecule has 0 aromatic rings. The summed E-state index contributed by atoms with van der Waals surface area (Å²) >= 11 is 0. The molecule has 3 aliphatic carbocycles. The first-order valence-electron chi connectivity index (χ1n) is 12.4. The predicted octanol–water partition coefficient (Wildman–Crippen LogP) is 7.77. The number of rotatable bonds is 9. The van der Waals surface area contributed by atoms with Gasteiger partial charge in [0.2, 0.25) is 0 Å². The average molecular weight is 363 g/mol. The molecule has 0 aliphatic heterocycles. The molecule has 0 aromatic heterocycles. The highest BCUT2D eigenvalue weighted by Gasteiger charge is 2.38. The van der Waals surface area contributed by atoms with Crippen LogP contribution >= 0.6 is 0 Å². The molecule has 152 valence electrons. The van der Waals surface area contributed by atoms with E-state index in [0.717, 1.165) is 36.2 Å². The van der Waals surface area contributed by atoms with Gasteiger partial charge in [0.05, 0.1) is 6.10 Å². The van der Waals surface area contributed by atoms with E-state index in [-0.39, 0.29) is 0 Å². The van der Waals surface area contributed by atoms with E-state index in [1.165, 1.54) is 64.2 Å². The third-order valence-corrected chi connectivity index (χ3v) is 8.22. The summed E-state index contributed by atoms with van der Waals surface area (Å²) in [5.74, 6) is 5.36. The van der Waals surface area contributed by atoms with Crippen LogP contribution in [0.1, 0.15) is 117 Å². The molecule has 0 spiro atoms. The molecule has 4 atom stereocenters. The van der Waals surface area contributed by atoms with E-state index in [9.17, 15) is 0 Å². The SMILES string of the molecule is CCCCC[C@H]1CC[C@@H]2C[C@H](C3CCC(OCCCC)CC3)CC[C@H]2C1. The summed E-state index contributed by atoms with van der Waals surface area (Å²) in [5.41, 5.74) is 0. The van der Waals surface area contributed by atoms with E-state index >= 15 is 0 Å². The van der Waals surface area contributed by atoms with Crippen molar-refractivity contribution in [3.05, 3.63) is 0 Å². The van der Waals surface area contributed by atoms with Crippen molar-refractivity contribution in [2.24, 2.45) is 29.6 Å². The van der Waals surface area contributed by atoms with Crippen LogP contribution in [-0.4, -0.2) is 12.7 Å². The smallest absolute Gasteiger partial charge is 0.0575 e. The van der Waals surface area contributed by atoms with Gasteiger partial charge in [-0.3, -0.25) is 0 Å². The van der Waals surface area contributed by atoms with E-state index in [0.29, 0.717) is 6.10 Å². The Bertz CT molecular complexity index is 368. The Morgan fingerprint density at radius 1 is 0.615 bits per heavy atom. The predicted molar refractivity (Wildman–Crippen MR) is 112 cm³/mol. The van der Waals surface area contributed by atoms with E-state index < -0.39 is 0 Å². The quantitative estimate of drug-likeness (QED) is 0.380. The summed E-state index contributed by atoms with van der Waals surface area (Å²) in [6.07, 6.45) is 23.9. The lowest BCUT2D eigenvalue weighted by molar-refractivity contribution is -0.00220. The molecule has 3 rings (SSSR count). The first-order chi connectivity index (χ1) is 12.8. The Kier molecular flexibility index (Phi) is 8.82. The number of fused-ring (bicyclic) bond motifs is 1. The van der Waals surface area contributed by atoms with Crippen LogP contribution < -0.4 is 0 Å². The largest absolute Gasteiger partial charge is 0.378 e. The summed E-state index contributed by atoms with van der Waals surface area (Å²) in [5, 5.41) is 0. The van der Waals surface area contributed by atoms with E-state index in [2.05, 4.69) is 13.8 Å². The molecule has 3 aliphatic rings. The first kappa shape index (κ1) is 20.7. The fourth-order valence-electron chi connectivity index (χ4n) is 6.52. The van der Waals surface area contributed by atoms with Crippen molar-refractivity contribution in [1.82, 2.24) is 0 Å². The zero-order valence-electron chi connectivity index (χ0n) is 17.9. The Morgan fingerprint density at radius 2 is 1.23 bits per heavy atom. The van der Waals surface area contributed by atoms with Crippen molar-refractivity contribution in [1.29, 1.82) is 0 Å². The van der Waals surface area contributed by atoms with Crippen LogP contribution in [0.25, 0.3) is 0 Å². The minimum absolute atomic E-state index is 0.590. The number of ether oxygens (including phenoxy) is 1. The van der Waals surface area contributed by atoms with E-state index in [4.69, 9.17) is 4.74 Å². The van der Waals surface area contributed by atoms with Gasteiger partial charge in [-0.1, -0.05) is 52.4 Å². The Balaban J connectivity index is 1.36. The van der Waals surface area contributed by atoms with Crippen LogP contribution in [0.3, 0.4) is 0 Å². The minimum Gasteiger partial charge on any atom is -0.378 e. The normalized spacial score (nSPS) is 38.1. The second kappa shape index (κ2) is 11.1. The van der Waals surface area contributed by atoms with Crippen molar-refractivity contribution in [3.8, 4) is 0 Å². The molecular weight excluding hydrogens is 316 g/mol. The molecule has 26 heavy (non-hydrogen) atoms. The van der Waals surface area contributed by atoms with Gasteiger partial charge in [0.15, 0.2) is 0 Å². The van der Waals surface area contributed by atoms with Crippen LogP contribution in [0, 0.1) is 29.6 Å². The maximum atomic E-state index is 6.10. The van der Waals surface area contributed by atoms with Crippen LogP contribution in [0.5, 0.6) is 0 Å². The van der Waals surface area contributed by atoms with E-state index in [1.807, 2.05) is 0 Å². The fraction of sp³-hybridized carbons (Fsp3) is 1.00. The highest BCUT2D eigenvalue weighted by Crippen LogP contribution is 2.49. The average Bonchev–Trinajstić information content (AvgIpc) is 2.68. The third-order valence-electron chi connectivity index (χ3n) is 8.22. The van der Waals surface area contributed by atoms with E-state index in [1.54, 1.807) is 38.5 Å². The summed E-state index contributed by atoms with van der Waals surface area (Å²) < 4.78 is 6.10. The topological polar surface area (TPSA) is 9.23 Å². The maximum Gasteiger partial charge on any atom is 0.0575 e. The van der Waals surface area contributed by atoms with Crippen molar-refractivity contribution >= 4 is 0 Å². The highest BCUT2D eigenvalue weighted by molar-refractivity contribution is 4.89. The van der Waals surface area contributed by atoms with Crippen LogP contribution in [0.15, 0.2) is 0 Å². The second-order valence-corrected chi connectivity index (χ2v) is 10.0. The molecule has 0 aromatic carbocycles. The molecule has 0 saturated heterocycles. The molecule has 1 nitrogen and oxygen atoms in total. The summed E-state index contributed by atoms with van der Waals surface area (Å²) in [4.78, 5) is 0. The van der Waals surface area contributed by atoms with Gasteiger partial charge >= 0.3 is 0 Å². The van der Waals surface area contributed by atoms with Gasteiger partial charge in [0, 0.05) is 6.61 Å². The van der Waals surface area contributed by atoms with Crippen LogP contribution in [-0.2, 0) is 4.74 Å². The zero-order chi connectivity index (χ0) is 18.2. The van der Waals surface area contributed by atoms with Crippen molar-refractivity contribution in [2.75, 3.05) is 6.61 Å². The molecule has 0 bridgehead atoms. The first-order valence-corrected chi connectivity index (χ1v) is 12.4. The molecule has 0 N–H and O–H groups in total. The van der Waals surface area contributed by atoms with Gasteiger partial charge in [-0.25, -0.2) is 0 Å². The second-order valence-electron chi connectivity index (χ2n) is 10.0. The van der Waals surface area contributed by atoms with Crippen LogP contribution in [0.4, 0.5) is 0 Å². The molecule has 3 saturated carbocycles. The van der Waals surface area contributed by atoms with Gasteiger partial charge in [-0.15, -0.1) is 0 Å². The number of unbranched alkanes of at least 4 members (excludes halogenated alkanes) is 3. The van der Waals surface area contributed by atoms with Crippen molar-refractivity contribution < 1.29 is 4.74 Å². The Labute approximate surface area is 164 Å². The number of hydrogen-bond acceptors (Lipinski definition) is 1. The molecule has 0 amide bonds. The molecular formula is C25H46O. The van der Waals surface area contributed by atoms with Crippen LogP contribution in [0.2, 0.25) is 0 Å². The van der Waals surface area contributed by atoms with Gasteiger partial charge < -0.3 is 4.74 Å². The Morgan fingerprint density at radius 3 is 1.96 bits per heavy atom.